The Labute approximate surface area is 128 Å². The van der Waals surface area contributed by atoms with E-state index in [9.17, 15) is 0 Å². The molecule has 0 radical (unpaired) electrons. The van der Waals surface area contributed by atoms with E-state index in [1.165, 1.54) is 5.56 Å². The second kappa shape index (κ2) is 7.97. The first-order valence-electron chi connectivity index (χ1n) is 8.28. The van der Waals surface area contributed by atoms with Crippen molar-refractivity contribution in [1.82, 2.24) is 10.2 Å². The van der Waals surface area contributed by atoms with E-state index in [0.717, 1.165) is 57.1 Å². The molecule has 2 unspecified atom stereocenters. The minimum atomic E-state index is 0.325. The Morgan fingerprint density at radius 1 is 1.38 bits per heavy atom. The summed E-state index contributed by atoms with van der Waals surface area (Å²) in [7, 11) is 0. The number of ether oxygens (including phenoxy) is 1. The SMILES string of the molecule is CCCNCc1cc(CN2CC(C)OCC2CC)c(C)o1. The van der Waals surface area contributed by atoms with E-state index in [1.807, 2.05) is 0 Å². The summed E-state index contributed by atoms with van der Waals surface area (Å²) in [5.41, 5.74) is 1.32. The lowest BCUT2D eigenvalue weighted by Crippen LogP contribution is -2.47. The summed E-state index contributed by atoms with van der Waals surface area (Å²) >= 11 is 0. The quantitative estimate of drug-likeness (QED) is 0.784. The number of rotatable bonds is 7. The molecule has 1 fully saturated rings. The van der Waals surface area contributed by atoms with Crippen molar-refractivity contribution in [2.24, 2.45) is 0 Å². The van der Waals surface area contributed by atoms with Gasteiger partial charge in [0.1, 0.15) is 11.5 Å². The van der Waals surface area contributed by atoms with Crippen LogP contribution in [0.1, 0.15) is 50.7 Å². The van der Waals surface area contributed by atoms with Crippen LogP contribution in [0.3, 0.4) is 0 Å². The number of morpholine rings is 1. The highest BCUT2D eigenvalue weighted by Gasteiger charge is 2.26. The first kappa shape index (κ1) is 16.5. The Kier molecular flexibility index (Phi) is 6.27. The number of aryl methyl sites for hydroxylation is 1. The fraction of sp³-hybridized carbons (Fsp3) is 0.765. The van der Waals surface area contributed by atoms with Gasteiger partial charge in [0, 0.05) is 24.7 Å². The first-order chi connectivity index (χ1) is 10.1. The molecule has 0 spiro atoms. The third-order valence-electron chi connectivity index (χ3n) is 4.22. The van der Waals surface area contributed by atoms with Gasteiger partial charge in [-0.1, -0.05) is 13.8 Å². The van der Waals surface area contributed by atoms with Crippen molar-refractivity contribution in [2.75, 3.05) is 19.7 Å². The molecule has 2 heterocycles. The molecular formula is C17H30N2O2. The predicted octanol–water partition coefficient (Wildman–Crippen LogP) is 3.09. The van der Waals surface area contributed by atoms with Crippen molar-refractivity contribution in [3.8, 4) is 0 Å². The van der Waals surface area contributed by atoms with Crippen molar-refractivity contribution in [1.29, 1.82) is 0 Å². The van der Waals surface area contributed by atoms with Crippen molar-refractivity contribution in [3.05, 3.63) is 23.2 Å². The topological polar surface area (TPSA) is 37.6 Å². The van der Waals surface area contributed by atoms with Crippen LogP contribution in [0.4, 0.5) is 0 Å². The molecule has 4 heteroatoms. The van der Waals surface area contributed by atoms with Gasteiger partial charge in [-0.05, 0) is 39.3 Å². The van der Waals surface area contributed by atoms with E-state index in [1.54, 1.807) is 0 Å². The van der Waals surface area contributed by atoms with Gasteiger partial charge in [0.05, 0.1) is 19.3 Å². The van der Waals surface area contributed by atoms with Gasteiger partial charge >= 0.3 is 0 Å². The van der Waals surface area contributed by atoms with Gasteiger partial charge in [-0.3, -0.25) is 4.90 Å². The molecule has 1 aromatic rings. The van der Waals surface area contributed by atoms with E-state index in [-0.39, 0.29) is 0 Å². The first-order valence-corrected chi connectivity index (χ1v) is 8.28. The number of hydrogen-bond donors (Lipinski definition) is 1. The highest BCUT2D eigenvalue weighted by molar-refractivity contribution is 5.21. The molecule has 0 saturated carbocycles. The Hall–Kier alpha value is -0.840. The lowest BCUT2D eigenvalue weighted by atomic mass is 10.1. The fourth-order valence-electron chi connectivity index (χ4n) is 2.92. The summed E-state index contributed by atoms with van der Waals surface area (Å²) in [5.74, 6) is 2.10. The molecule has 2 rings (SSSR count). The van der Waals surface area contributed by atoms with Gasteiger partial charge < -0.3 is 14.5 Å². The van der Waals surface area contributed by atoms with Crippen LogP contribution in [0.2, 0.25) is 0 Å². The van der Waals surface area contributed by atoms with E-state index < -0.39 is 0 Å². The van der Waals surface area contributed by atoms with Gasteiger partial charge in [-0.2, -0.15) is 0 Å². The molecule has 0 aromatic carbocycles. The van der Waals surface area contributed by atoms with Crippen LogP contribution < -0.4 is 5.32 Å². The Morgan fingerprint density at radius 2 is 2.19 bits per heavy atom. The smallest absolute Gasteiger partial charge is 0.118 e. The van der Waals surface area contributed by atoms with Gasteiger partial charge in [0.15, 0.2) is 0 Å². The van der Waals surface area contributed by atoms with Crippen LogP contribution in [-0.4, -0.2) is 36.7 Å². The average molecular weight is 294 g/mol. The summed E-state index contributed by atoms with van der Waals surface area (Å²) in [6.07, 6.45) is 2.61. The van der Waals surface area contributed by atoms with Gasteiger partial charge in [-0.25, -0.2) is 0 Å². The molecule has 4 nitrogen and oxygen atoms in total. The Bertz CT molecular complexity index is 430. The van der Waals surface area contributed by atoms with Crippen LogP contribution >= 0.6 is 0 Å². The molecule has 120 valence electrons. The van der Waals surface area contributed by atoms with Gasteiger partial charge in [0.2, 0.25) is 0 Å². The maximum atomic E-state index is 5.88. The van der Waals surface area contributed by atoms with E-state index >= 15 is 0 Å². The van der Waals surface area contributed by atoms with E-state index in [2.05, 4.69) is 44.0 Å². The van der Waals surface area contributed by atoms with Crippen LogP contribution in [-0.2, 0) is 17.8 Å². The molecule has 2 atom stereocenters. The molecule has 1 aromatic heterocycles. The normalized spacial score (nSPS) is 23.6. The highest BCUT2D eigenvalue weighted by Crippen LogP contribution is 2.21. The minimum absolute atomic E-state index is 0.325. The van der Waals surface area contributed by atoms with Crippen LogP contribution in [0.5, 0.6) is 0 Å². The maximum absolute atomic E-state index is 5.88. The Morgan fingerprint density at radius 3 is 2.90 bits per heavy atom. The van der Waals surface area contributed by atoms with Crippen molar-refractivity contribution < 1.29 is 9.15 Å². The summed E-state index contributed by atoms with van der Waals surface area (Å²) in [6.45, 7) is 13.3. The molecule has 0 amide bonds. The van der Waals surface area contributed by atoms with E-state index in [0.29, 0.717) is 12.1 Å². The second-order valence-electron chi connectivity index (χ2n) is 6.11. The van der Waals surface area contributed by atoms with Crippen LogP contribution in [0.25, 0.3) is 0 Å². The standard InChI is InChI=1S/C17H30N2O2/c1-5-7-18-9-17-8-15(14(4)21-17)11-19-10-13(3)20-12-16(19)6-2/h8,13,16,18H,5-7,9-12H2,1-4H3. The van der Waals surface area contributed by atoms with Crippen molar-refractivity contribution in [2.45, 2.75) is 65.8 Å². The minimum Gasteiger partial charge on any atom is -0.465 e. The molecule has 1 aliphatic rings. The largest absolute Gasteiger partial charge is 0.465 e. The molecule has 21 heavy (non-hydrogen) atoms. The van der Waals surface area contributed by atoms with Crippen LogP contribution in [0.15, 0.2) is 10.5 Å². The summed E-state index contributed by atoms with van der Waals surface area (Å²) in [4.78, 5) is 2.54. The van der Waals surface area contributed by atoms with E-state index in [4.69, 9.17) is 9.15 Å². The lowest BCUT2D eigenvalue weighted by Gasteiger charge is -2.38. The fourth-order valence-corrected chi connectivity index (χ4v) is 2.92. The molecule has 1 saturated heterocycles. The predicted molar refractivity (Wildman–Crippen MR) is 85.3 cm³/mol. The maximum Gasteiger partial charge on any atom is 0.118 e. The van der Waals surface area contributed by atoms with Crippen molar-refractivity contribution >= 4 is 0 Å². The number of nitrogens with one attached hydrogen (secondary N) is 1. The lowest BCUT2D eigenvalue weighted by molar-refractivity contribution is -0.0593. The number of nitrogens with zero attached hydrogens (tertiary/aromatic N) is 1. The molecule has 0 aliphatic carbocycles. The highest BCUT2D eigenvalue weighted by atomic mass is 16.5. The third kappa shape index (κ3) is 4.56. The monoisotopic (exact) mass is 294 g/mol. The Balaban J connectivity index is 1.97. The molecule has 1 N–H and O–H groups in total. The zero-order valence-electron chi connectivity index (χ0n) is 13.9. The second-order valence-corrected chi connectivity index (χ2v) is 6.11. The zero-order chi connectivity index (χ0) is 15.2. The summed E-state index contributed by atoms with van der Waals surface area (Å²) < 4.78 is 11.7. The number of hydrogen-bond acceptors (Lipinski definition) is 4. The van der Waals surface area contributed by atoms with Crippen LogP contribution in [0, 0.1) is 6.92 Å². The molecular weight excluding hydrogens is 264 g/mol. The van der Waals surface area contributed by atoms with Gasteiger partial charge in [0.25, 0.3) is 0 Å². The average Bonchev–Trinajstić information content (AvgIpc) is 2.80. The zero-order valence-corrected chi connectivity index (χ0v) is 13.9. The molecule has 1 aliphatic heterocycles. The van der Waals surface area contributed by atoms with Gasteiger partial charge in [-0.15, -0.1) is 0 Å². The summed E-state index contributed by atoms with van der Waals surface area (Å²) in [5, 5.41) is 3.40. The summed E-state index contributed by atoms with van der Waals surface area (Å²) in [6, 6.07) is 2.74. The molecule has 0 bridgehead atoms. The third-order valence-corrected chi connectivity index (χ3v) is 4.22. The van der Waals surface area contributed by atoms with Crippen molar-refractivity contribution in [3.63, 3.8) is 0 Å². The number of furan rings is 1.